The zero-order chi connectivity index (χ0) is 14.8. The Hall–Kier alpha value is -2.24. The molecular formula is C16H14N2O2S. The van der Waals surface area contributed by atoms with E-state index >= 15 is 0 Å². The zero-order valence-electron chi connectivity index (χ0n) is 11.2. The van der Waals surface area contributed by atoms with Gasteiger partial charge in [0.25, 0.3) is 5.91 Å². The number of benzene rings is 2. The van der Waals surface area contributed by atoms with Gasteiger partial charge < -0.3 is 4.57 Å². The van der Waals surface area contributed by atoms with Crippen molar-refractivity contribution >= 4 is 29.4 Å². The third kappa shape index (κ3) is 2.79. The van der Waals surface area contributed by atoms with Gasteiger partial charge in [0, 0.05) is 28.7 Å². The van der Waals surface area contributed by atoms with E-state index in [1.807, 2.05) is 42.6 Å². The predicted octanol–water partition coefficient (Wildman–Crippen LogP) is 3.10. The molecule has 5 heteroatoms. The molecule has 0 aliphatic carbocycles. The summed E-state index contributed by atoms with van der Waals surface area (Å²) in [6.07, 6.45) is 1.98. The number of nitrogens with zero attached hydrogens (tertiary/aromatic N) is 1. The van der Waals surface area contributed by atoms with Gasteiger partial charge in [0.15, 0.2) is 0 Å². The quantitative estimate of drug-likeness (QED) is 0.395. The van der Waals surface area contributed by atoms with Gasteiger partial charge in [-0.1, -0.05) is 18.2 Å². The van der Waals surface area contributed by atoms with Crippen molar-refractivity contribution in [3.8, 4) is 0 Å². The molecule has 0 spiro atoms. The van der Waals surface area contributed by atoms with Gasteiger partial charge in [0.2, 0.25) is 0 Å². The predicted molar refractivity (Wildman–Crippen MR) is 84.0 cm³/mol. The fourth-order valence-electron chi connectivity index (χ4n) is 2.38. The first-order valence-corrected chi connectivity index (χ1v) is 6.93. The van der Waals surface area contributed by atoms with E-state index < -0.39 is 5.91 Å². The van der Waals surface area contributed by atoms with Crippen molar-refractivity contribution in [2.24, 2.45) is 0 Å². The maximum Gasteiger partial charge on any atom is 0.274 e. The Morgan fingerprint density at radius 2 is 2.05 bits per heavy atom. The lowest BCUT2D eigenvalue weighted by atomic mass is 10.1. The second-order valence-corrected chi connectivity index (χ2v) is 5.34. The number of hydroxylamine groups is 1. The second-order valence-electron chi connectivity index (χ2n) is 4.83. The minimum atomic E-state index is -0.512. The molecule has 3 aromatic rings. The summed E-state index contributed by atoms with van der Waals surface area (Å²) in [6, 6.07) is 15.3. The highest BCUT2D eigenvalue weighted by Gasteiger charge is 2.08. The van der Waals surface area contributed by atoms with Gasteiger partial charge in [-0.05, 0) is 41.3 Å². The maximum absolute atomic E-state index is 11.5. The van der Waals surface area contributed by atoms with E-state index in [1.165, 1.54) is 0 Å². The molecule has 2 N–H and O–H groups in total. The van der Waals surface area contributed by atoms with E-state index in [-0.39, 0.29) is 0 Å². The summed E-state index contributed by atoms with van der Waals surface area (Å²) in [6.45, 7) is 0.697. The van der Waals surface area contributed by atoms with Gasteiger partial charge >= 0.3 is 0 Å². The van der Waals surface area contributed by atoms with E-state index in [0.29, 0.717) is 12.1 Å². The molecule has 0 aliphatic heterocycles. The van der Waals surface area contributed by atoms with Crippen LogP contribution in [0.3, 0.4) is 0 Å². The Kier molecular flexibility index (Phi) is 3.68. The summed E-state index contributed by atoms with van der Waals surface area (Å²) in [5.41, 5.74) is 4.16. The highest BCUT2D eigenvalue weighted by atomic mass is 32.1. The third-order valence-corrected chi connectivity index (χ3v) is 3.68. The second kappa shape index (κ2) is 5.63. The van der Waals surface area contributed by atoms with E-state index in [9.17, 15) is 4.79 Å². The molecule has 0 unspecified atom stereocenters. The molecule has 0 radical (unpaired) electrons. The average Bonchev–Trinajstić information content (AvgIpc) is 2.89. The molecule has 1 amide bonds. The largest absolute Gasteiger partial charge is 0.343 e. The number of aromatic nitrogens is 1. The van der Waals surface area contributed by atoms with Crippen molar-refractivity contribution < 1.29 is 10.0 Å². The van der Waals surface area contributed by atoms with Gasteiger partial charge in [-0.25, -0.2) is 5.48 Å². The Labute approximate surface area is 127 Å². The van der Waals surface area contributed by atoms with Crippen molar-refractivity contribution in [2.75, 3.05) is 0 Å². The Morgan fingerprint density at radius 1 is 1.19 bits per heavy atom. The molecular weight excluding hydrogens is 284 g/mol. The van der Waals surface area contributed by atoms with E-state index in [1.54, 1.807) is 17.6 Å². The van der Waals surface area contributed by atoms with Crippen LogP contribution in [0.25, 0.3) is 10.9 Å². The van der Waals surface area contributed by atoms with Crippen LogP contribution in [-0.4, -0.2) is 15.7 Å². The molecule has 1 heterocycles. The molecule has 106 valence electrons. The lowest BCUT2D eigenvalue weighted by Gasteiger charge is -2.07. The van der Waals surface area contributed by atoms with Crippen molar-refractivity contribution in [3.05, 3.63) is 65.9 Å². The summed E-state index contributed by atoms with van der Waals surface area (Å²) in [5.74, 6) is -0.512. The van der Waals surface area contributed by atoms with Gasteiger partial charge in [0.05, 0.1) is 0 Å². The molecule has 3 rings (SSSR count). The number of carbonyl (C=O) groups is 1. The number of hydrogen-bond acceptors (Lipinski definition) is 3. The normalized spacial score (nSPS) is 10.8. The maximum atomic E-state index is 11.5. The van der Waals surface area contributed by atoms with Gasteiger partial charge in [-0.15, -0.1) is 12.6 Å². The van der Waals surface area contributed by atoms with Crippen LogP contribution in [0.4, 0.5) is 0 Å². The Balaban J connectivity index is 2.00. The molecule has 0 aliphatic rings. The Morgan fingerprint density at radius 3 is 2.81 bits per heavy atom. The van der Waals surface area contributed by atoms with Crippen LogP contribution in [-0.2, 0) is 6.54 Å². The molecule has 0 fully saturated rings. The first kappa shape index (κ1) is 13.7. The first-order valence-electron chi connectivity index (χ1n) is 6.48. The fraction of sp³-hybridized carbons (Fsp3) is 0.0625. The first-order chi connectivity index (χ1) is 10.2. The summed E-state index contributed by atoms with van der Waals surface area (Å²) in [4.78, 5) is 12.4. The molecule has 0 atom stereocenters. The highest BCUT2D eigenvalue weighted by molar-refractivity contribution is 7.80. The Bertz CT molecular complexity index is 811. The van der Waals surface area contributed by atoms with Crippen LogP contribution in [0.1, 0.15) is 15.9 Å². The molecule has 4 nitrogen and oxygen atoms in total. The van der Waals surface area contributed by atoms with Crippen molar-refractivity contribution in [3.63, 3.8) is 0 Å². The molecule has 0 saturated carbocycles. The van der Waals surface area contributed by atoms with Crippen LogP contribution < -0.4 is 5.48 Å². The van der Waals surface area contributed by atoms with Crippen LogP contribution in [0, 0.1) is 0 Å². The molecule has 21 heavy (non-hydrogen) atoms. The number of nitrogens with one attached hydrogen (secondary N) is 1. The van der Waals surface area contributed by atoms with Crippen LogP contribution in [0.15, 0.2) is 59.6 Å². The van der Waals surface area contributed by atoms with E-state index in [0.717, 1.165) is 21.4 Å². The SMILES string of the molecule is O=C(NO)c1ccc2ccn(Cc3cccc(S)c3)c2c1. The number of amides is 1. The summed E-state index contributed by atoms with van der Waals surface area (Å²) in [5, 5.41) is 9.78. The summed E-state index contributed by atoms with van der Waals surface area (Å²) >= 11 is 4.34. The number of rotatable bonds is 3. The van der Waals surface area contributed by atoms with Gasteiger partial charge in [-0.2, -0.15) is 0 Å². The fourth-order valence-corrected chi connectivity index (χ4v) is 2.63. The van der Waals surface area contributed by atoms with E-state index in [2.05, 4.69) is 17.2 Å². The van der Waals surface area contributed by atoms with Crippen molar-refractivity contribution in [2.45, 2.75) is 11.4 Å². The van der Waals surface area contributed by atoms with Crippen LogP contribution >= 0.6 is 12.6 Å². The topological polar surface area (TPSA) is 54.3 Å². The molecule has 0 saturated heterocycles. The van der Waals surface area contributed by atoms with Gasteiger partial charge in [0.1, 0.15) is 0 Å². The van der Waals surface area contributed by atoms with Crippen LogP contribution in [0.2, 0.25) is 0 Å². The lowest BCUT2D eigenvalue weighted by Crippen LogP contribution is -2.18. The molecule has 0 bridgehead atoms. The number of fused-ring (bicyclic) bond motifs is 1. The van der Waals surface area contributed by atoms with Crippen molar-refractivity contribution in [1.82, 2.24) is 10.0 Å². The van der Waals surface area contributed by atoms with Crippen molar-refractivity contribution in [1.29, 1.82) is 0 Å². The molecule has 2 aromatic carbocycles. The smallest absolute Gasteiger partial charge is 0.274 e. The van der Waals surface area contributed by atoms with Gasteiger partial charge in [-0.3, -0.25) is 10.0 Å². The lowest BCUT2D eigenvalue weighted by molar-refractivity contribution is 0.0706. The number of hydrogen-bond donors (Lipinski definition) is 3. The van der Waals surface area contributed by atoms with Crippen LogP contribution in [0.5, 0.6) is 0 Å². The minimum Gasteiger partial charge on any atom is -0.343 e. The molecule has 1 aromatic heterocycles. The summed E-state index contributed by atoms with van der Waals surface area (Å²) in [7, 11) is 0. The standard InChI is InChI=1S/C16H14N2O2S/c19-16(17-20)13-5-4-12-6-7-18(15(12)9-13)10-11-2-1-3-14(21)8-11/h1-9,20-21H,10H2,(H,17,19). The van der Waals surface area contributed by atoms with E-state index in [4.69, 9.17) is 5.21 Å². The highest BCUT2D eigenvalue weighted by Crippen LogP contribution is 2.20. The number of carbonyl (C=O) groups excluding carboxylic acids is 1. The summed E-state index contributed by atoms with van der Waals surface area (Å²) < 4.78 is 2.06. The average molecular weight is 298 g/mol. The third-order valence-electron chi connectivity index (χ3n) is 3.40. The minimum absolute atomic E-state index is 0.424. The zero-order valence-corrected chi connectivity index (χ0v) is 12.0. The monoisotopic (exact) mass is 298 g/mol. The number of thiol groups is 1.